The van der Waals surface area contributed by atoms with Crippen LogP contribution in [0.4, 0.5) is 0 Å². The molecule has 1 atom stereocenters. The number of alkyl halides is 4. The molecule has 0 aliphatic carbocycles. The molecule has 0 aliphatic heterocycles. The molecular formula is C7H10Br4O2. The molecule has 0 spiro atoms. The summed E-state index contributed by atoms with van der Waals surface area (Å²) in [5, 5.41) is 0. The zero-order valence-corrected chi connectivity index (χ0v) is 13.5. The maximum absolute atomic E-state index is 11.3. The molecule has 0 N–H and O–H groups in total. The molecule has 0 heterocycles. The Labute approximate surface area is 112 Å². The summed E-state index contributed by atoms with van der Waals surface area (Å²) < 4.78 is 4.48. The lowest BCUT2D eigenvalue weighted by molar-refractivity contribution is -0.143. The van der Waals surface area contributed by atoms with Crippen molar-refractivity contribution in [1.82, 2.24) is 0 Å². The summed E-state index contributed by atoms with van der Waals surface area (Å²) in [5.74, 6) is -0.0272. The first-order valence-electron chi connectivity index (χ1n) is 3.61. The summed E-state index contributed by atoms with van der Waals surface area (Å²) in [6, 6.07) is 0. The molecule has 0 saturated heterocycles. The summed E-state index contributed by atoms with van der Waals surface area (Å²) in [6.45, 7) is 4.12. The van der Waals surface area contributed by atoms with Gasteiger partial charge in [0.1, 0.15) is 11.4 Å². The molecule has 0 amide bonds. The molecule has 0 fully saturated rings. The van der Waals surface area contributed by atoms with Gasteiger partial charge in [0, 0.05) is 0 Å². The van der Waals surface area contributed by atoms with Crippen molar-refractivity contribution in [3.63, 3.8) is 0 Å². The topological polar surface area (TPSA) is 26.3 Å². The van der Waals surface area contributed by atoms with Gasteiger partial charge in [-0.05, 0) is 5.92 Å². The molecule has 0 aromatic heterocycles. The number of esters is 1. The van der Waals surface area contributed by atoms with Crippen molar-refractivity contribution in [2.75, 3.05) is 6.61 Å². The van der Waals surface area contributed by atoms with Crippen LogP contribution < -0.4 is 0 Å². The van der Waals surface area contributed by atoms with E-state index in [2.05, 4.69) is 63.7 Å². The highest BCUT2D eigenvalue weighted by molar-refractivity contribution is 9.39. The molecule has 0 rings (SSSR count). The van der Waals surface area contributed by atoms with E-state index < -0.39 is 2.14 Å². The summed E-state index contributed by atoms with van der Waals surface area (Å²) in [6.07, 6.45) is 0. The predicted molar refractivity (Wildman–Crippen MR) is 68.0 cm³/mol. The molecule has 1 unspecified atom stereocenters. The van der Waals surface area contributed by atoms with Crippen molar-refractivity contribution in [3.8, 4) is 0 Å². The number of ether oxygens (including phenoxy) is 1. The monoisotopic (exact) mass is 442 g/mol. The Morgan fingerprint density at radius 1 is 1.38 bits per heavy atom. The van der Waals surface area contributed by atoms with Gasteiger partial charge in [-0.2, -0.15) is 0 Å². The van der Waals surface area contributed by atoms with Crippen molar-refractivity contribution >= 4 is 69.7 Å². The highest BCUT2D eigenvalue weighted by Crippen LogP contribution is 2.33. The van der Waals surface area contributed by atoms with Gasteiger partial charge in [0.2, 0.25) is 0 Å². The highest BCUT2D eigenvalue weighted by Gasteiger charge is 2.25. The van der Waals surface area contributed by atoms with E-state index in [4.69, 9.17) is 4.74 Å². The number of carbonyl (C=O) groups excluding carboxylic acids is 1. The molecule has 6 heteroatoms. The van der Waals surface area contributed by atoms with Gasteiger partial charge in [-0.3, -0.25) is 4.79 Å². The zero-order valence-electron chi connectivity index (χ0n) is 7.19. The second kappa shape index (κ2) is 6.08. The van der Waals surface area contributed by atoms with E-state index in [1.807, 2.05) is 13.8 Å². The third-order valence-corrected chi connectivity index (χ3v) is 3.31. The molecule has 0 saturated carbocycles. The van der Waals surface area contributed by atoms with Crippen LogP contribution in [0.5, 0.6) is 0 Å². The molecule has 0 aromatic carbocycles. The summed E-state index contributed by atoms with van der Waals surface area (Å²) in [5.41, 5.74) is 0. The molecule has 0 bridgehead atoms. The van der Waals surface area contributed by atoms with Crippen molar-refractivity contribution in [3.05, 3.63) is 0 Å². The Kier molecular flexibility index (Phi) is 6.73. The molecule has 0 aromatic rings. The number of rotatable bonds is 3. The quantitative estimate of drug-likeness (QED) is 0.488. The van der Waals surface area contributed by atoms with Crippen LogP contribution in [0.3, 0.4) is 0 Å². The van der Waals surface area contributed by atoms with E-state index in [0.29, 0.717) is 0 Å². The molecule has 0 aliphatic rings. The lowest BCUT2D eigenvalue weighted by Gasteiger charge is -2.16. The largest absolute Gasteiger partial charge is 0.461 e. The first-order valence-corrected chi connectivity index (χ1v) is 6.91. The average molecular weight is 446 g/mol. The van der Waals surface area contributed by atoms with Gasteiger partial charge in [-0.15, -0.1) is 0 Å². The maximum atomic E-state index is 11.3. The van der Waals surface area contributed by atoms with E-state index in [0.717, 1.165) is 0 Å². The van der Waals surface area contributed by atoms with Crippen molar-refractivity contribution < 1.29 is 9.53 Å². The lowest BCUT2D eigenvalue weighted by atomic mass is 10.1. The first-order chi connectivity index (χ1) is 5.74. The van der Waals surface area contributed by atoms with Crippen LogP contribution in [0.1, 0.15) is 13.8 Å². The van der Waals surface area contributed by atoms with Crippen molar-refractivity contribution in [2.24, 2.45) is 5.92 Å². The van der Waals surface area contributed by atoms with E-state index in [-0.39, 0.29) is 23.3 Å². The average Bonchev–Trinajstić information content (AvgIpc) is 1.97. The third-order valence-electron chi connectivity index (χ3n) is 1.19. The van der Waals surface area contributed by atoms with Crippen LogP contribution in [0.25, 0.3) is 0 Å². The summed E-state index contributed by atoms with van der Waals surface area (Å²) in [7, 11) is 0. The Morgan fingerprint density at radius 3 is 2.15 bits per heavy atom. The van der Waals surface area contributed by atoms with Gasteiger partial charge in [0.15, 0.2) is 2.14 Å². The Balaban J connectivity index is 3.89. The standard InChI is InChI=1S/C7H10Br4O2/c1-4(2)5(8)6(12)13-3-7(9,10)11/h4-5H,3H2,1-2H3. The molecule has 2 nitrogen and oxygen atoms in total. The van der Waals surface area contributed by atoms with Crippen LogP contribution >= 0.6 is 63.7 Å². The molecule has 78 valence electrons. The first kappa shape index (κ1) is 14.4. The molecule has 13 heavy (non-hydrogen) atoms. The smallest absolute Gasteiger partial charge is 0.320 e. The van der Waals surface area contributed by atoms with Crippen molar-refractivity contribution in [1.29, 1.82) is 0 Å². The van der Waals surface area contributed by atoms with E-state index in [1.165, 1.54) is 0 Å². The fraction of sp³-hybridized carbons (Fsp3) is 0.857. The minimum atomic E-state index is -0.521. The summed E-state index contributed by atoms with van der Waals surface area (Å²) in [4.78, 5) is 11.1. The number of carbonyl (C=O) groups is 1. The van der Waals surface area contributed by atoms with Gasteiger partial charge in [0.05, 0.1) is 0 Å². The Hall–Kier alpha value is 1.39. The second-order valence-corrected chi connectivity index (χ2v) is 11.1. The third kappa shape index (κ3) is 7.33. The predicted octanol–water partition coefficient (Wildman–Crippen LogP) is 3.79. The van der Waals surface area contributed by atoms with Crippen LogP contribution in [-0.4, -0.2) is 19.5 Å². The SMILES string of the molecule is CC(C)C(Br)C(=O)OCC(Br)(Br)Br. The van der Waals surface area contributed by atoms with Crippen LogP contribution in [0.15, 0.2) is 0 Å². The minimum absolute atomic E-state index is 0.223. The van der Waals surface area contributed by atoms with Crippen LogP contribution in [0, 0.1) is 5.92 Å². The van der Waals surface area contributed by atoms with E-state index in [9.17, 15) is 4.79 Å². The van der Waals surface area contributed by atoms with Crippen LogP contribution in [0.2, 0.25) is 0 Å². The van der Waals surface area contributed by atoms with Gasteiger partial charge in [0.25, 0.3) is 0 Å². The van der Waals surface area contributed by atoms with E-state index in [1.54, 1.807) is 0 Å². The molecule has 0 radical (unpaired) electrons. The van der Waals surface area contributed by atoms with Gasteiger partial charge >= 0.3 is 5.97 Å². The van der Waals surface area contributed by atoms with Gasteiger partial charge in [-0.1, -0.05) is 77.6 Å². The Bertz CT molecular complexity index is 176. The van der Waals surface area contributed by atoms with Crippen LogP contribution in [-0.2, 0) is 9.53 Å². The second-order valence-electron chi connectivity index (χ2n) is 2.87. The number of hydrogen-bond donors (Lipinski definition) is 0. The summed E-state index contributed by atoms with van der Waals surface area (Å²) >= 11 is 13.0. The van der Waals surface area contributed by atoms with Gasteiger partial charge < -0.3 is 4.74 Å². The maximum Gasteiger partial charge on any atom is 0.320 e. The van der Waals surface area contributed by atoms with Crippen molar-refractivity contribution in [2.45, 2.75) is 20.8 Å². The van der Waals surface area contributed by atoms with Gasteiger partial charge in [-0.25, -0.2) is 0 Å². The normalized spacial score (nSPS) is 14.4. The fourth-order valence-corrected chi connectivity index (χ4v) is 0.980. The highest BCUT2D eigenvalue weighted by atomic mass is 80.0. The Morgan fingerprint density at radius 2 is 1.85 bits per heavy atom. The minimum Gasteiger partial charge on any atom is -0.461 e. The van der Waals surface area contributed by atoms with E-state index >= 15 is 0 Å². The number of hydrogen-bond acceptors (Lipinski definition) is 2. The molecular weight excluding hydrogens is 436 g/mol. The number of halogens is 4. The lowest BCUT2D eigenvalue weighted by Crippen LogP contribution is -2.26. The fourth-order valence-electron chi connectivity index (χ4n) is 0.505. The zero-order chi connectivity index (χ0) is 10.6.